The molecule has 0 amide bonds. The van der Waals surface area contributed by atoms with Crippen LogP contribution in [0.4, 0.5) is 4.39 Å². The van der Waals surface area contributed by atoms with Crippen molar-refractivity contribution in [1.29, 1.82) is 0 Å². The summed E-state index contributed by atoms with van der Waals surface area (Å²) in [6, 6.07) is 5.29. The molecule has 108 valence electrons. The molecule has 3 nitrogen and oxygen atoms in total. The molecule has 1 aliphatic rings. The van der Waals surface area contributed by atoms with Crippen molar-refractivity contribution in [3.63, 3.8) is 0 Å². The van der Waals surface area contributed by atoms with Gasteiger partial charge in [-0.3, -0.25) is 9.29 Å². The molecule has 1 heterocycles. The standard InChI is InChI=1S/C13H18BrFN2O.ClH/c14-10-1-2-13(18)11(9-10)12(3-4-15)17-7-5-16-6-8-17;/h1-2,9,12,16,18H,3-8H2;1H/t12-;/m0./s1. The summed E-state index contributed by atoms with van der Waals surface area (Å²) in [5.74, 6) is 0.246. The van der Waals surface area contributed by atoms with Gasteiger partial charge in [0.05, 0.1) is 6.67 Å². The number of phenolic OH excluding ortho intramolecular Hbond substituents is 1. The first-order valence-corrected chi connectivity index (χ1v) is 7.01. The van der Waals surface area contributed by atoms with Crippen LogP contribution in [0.3, 0.4) is 0 Å². The van der Waals surface area contributed by atoms with Gasteiger partial charge in [-0.05, 0) is 24.6 Å². The molecule has 1 aromatic carbocycles. The molecule has 6 heteroatoms. The second-order valence-corrected chi connectivity index (χ2v) is 5.40. The quantitative estimate of drug-likeness (QED) is 0.874. The lowest BCUT2D eigenvalue weighted by Crippen LogP contribution is -2.45. The van der Waals surface area contributed by atoms with E-state index in [1.54, 1.807) is 12.1 Å². The Morgan fingerprint density at radius 1 is 1.37 bits per heavy atom. The molecular weight excluding hydrogens is 335 g/mol. The molecule has 1 fully saturated rings. The van der Waals surface area contributed by atoms with E-state index in [1.807, 2.05) is 6.07 Å². The highest BCUT2D eigenvalue weighted by atomic mass is 79.9. The van der Waals surface area contributed by atoms with Gasteiger partial charge >= 0.3 is 0 Å². The fourth-order valence-corrected chi connectivity index (χ4v) is 2.80. The van der Waals surface area contributed by atoms with E-state index in [9.17, 15) is 9.50 Å². The third kappa shape index (κ3) is 4.31. The third-order valence-corrected chi connectivity index (χ3v) is 3.82. The van der Waals surface area contributed by atoms with E-state index in [4.69, 9.17) is 0 Å². The molecule has 1 aliphatic heterocycles. The first-order chi connectivity index (χ1) is 8.72. The highest BCUT2D eigenvalue weighted by molar-refractivity contribution is 9.10. The van der Waals surface area contributed by atoms with Gasteiger partial charge in [-0.2, -0.15) is 0 Å². The summed E-state index contributed by atoms with van der Waals surface area (Å²) in [5.41, 5.74) is 0.809. The Hall–Kier alpha value is -0.360. The second-order valence-electron chi connectivity index (χ2n) is 4.48. The summed E-state index contributed by atoms with van der Waals surface area (Å²) in [6.07, 6.45) is 0.421. The van der Waals surface area contributed by atoms with E-state index in [0.717, 1.165) is 36.2 Å². The SMILES string of the molecule is Cl.Oc1ccc(Br)cc1[C@H](CCF)N1CCNCC1. The van der Waals surface area contributed by atoms with Gasteiger partial charge in [-0.15, -0.1) is 12.4 Å². The van der Waals surface area contributed by atoms with E-state index in [0.29, 0.717) is 6.42 Å². The minimum absolute atomic E-state index is 0. The lowest BCUT2D eigenvalue weighted by atomic mass is 10.0. The summed E-state index contributed by atoms with van der Waals surface area (Å²) in [5, 5.41) is 13.3. The average Bonchev–Trinajstić information content (AvgIpc) is 2.40. The number of alkyl halides is 1. The van der Waals surface area contributed by atoms with Gasteiger partial charge in [0, 0.05) is 42.3 Å². The second kappa shape index (κ2) is 8.04. The van der Waals surface area contributed by atoms with Crippen LogP contribution in [0.2, 0.25) is 0 Å². The molecule has 2 rings (SSSR count). The molecule has 1 saturated heterocycles. The maximum atomic E-state index is 12.8. The van der Waals surface area contributed by atoms with Crippen LogP contribution >= 0.6 is 28.3 Å². The monoisotopic (exact) mass is 352 g/mol. The summed E-state index contributed by atoms with van der Waals surface area (Å²) in [4.78, 5) is 2.23. The van der Waals surface area contributed by atoms with Gasteiger partial charge in [-0.25, -0.2) is 0 Å². The van der Waals surface area contributed by atoms with E-state index in [1.165, 1.54) is 0 Å². The molecule has 2 N–H and O–H groups in total. The number of nitrogens with zero attached hydrogens (tertiary/aromatic N) is 1. The Bertz CT molecular complexity index is 402. The molecule has 1 atom stereocenters. The normalized spacial score (nSPS) is 17.8. The summed E-state index contributed by atoms with van der Waals surface area (Å²) in [7, 11) is 0. The zero-order valence-corrected chi connectivity index (χ0v) is 13.0. The lowest BCUT2D eigenvalue weighted by Gasteiger charge is -2.35. The van der Waals surface area contributed by atoms with E-state index >= 15 is 0 Å². The number of rotatable bonds is 4. The Labute approximate surface area is 127 Å². The predicted octanol–water partition coefficient (Wildman–Crippen LogP) is 2.88. The van der Waals surface area contributed by atoms with Gasteiger partial charge in [0.15, 0.2) is 0 Å². The minimum Gasteiger partial charge on any atom is -0.508 e. The van der Waals surface area contributed by atoms with E-state index < -0.39 is 0 Å². The molecular formula is C13H19BrClFN2O. The topological polar surface area (TPSA) is 35.5 Å². The number of hydrogen-bond donors (Lipinski definition) is 2. The van der Waals surface area contributed by atoms with Crippen LogP contribution in [0.1, 0.15) is 18.0 Å². The number of piperazine rings is 1. The number of nitrogens with one attached hydrogen (secondary N) is 1. The molecule has 0 bridgehead atoms. The lowest BCUT2D eigenvalue weighted by molar-refractivity contribution is 0.155. The number of aromatic hydroxyl groups is 1. The Balaban J connectivity index is 0.00000180. The van der Waals surface area contributed by atoms with Crippen LogP contribution in [0.15, 0.2) is 22.7 Å². The van der Waals surface area contributed by atoms with Crippen molar-refractivity contribution in [3.05, 3.63) is 28.2 Å². The molecule has 19 heavy (non-hydrogen) atoms. The van der Waals surface area contributed by atoms with Gasteiger partial charge in [0.25, 0.3) is 0 Å². The first kappa shape index (κ1) is 16.7. The zero-order chi connectivity index (χ0) is 13.0. The van der Waals surface area contributed by atoms with Crippen molar-refractivity contribution in [3.8, 4) is 5.75 Å². The average molecular weight is 354 g/mol. The maximum absolute atomic E-state index is 12.8. The Kier molecular flexibility index (Phi) is 7.07. The minimum atomic E-state index is -0.374. The molecule has 1 aromatic rings. The predicted molar refractivity (Wildman–Crippen MR) is 80.8 cm³/mol. The van der Waals surface area contributed by atoms with Crippen LogP contribution in [0.25, 0.3) is 0 Å². The first-order valence-electron chi connectivity index (χ1n) is 6.21. The van der Waals surface area contributed by atoms with Crippen molar-refractivity contribution in [2.75, 3.05) is 32.9 Å². The smallest absolute Gasteiger partial charge is 0.120 e. The molecule has 0 spiro atoms. The van der Waals surface area contributed by atoms with Crippen molar-refractivity contribution in [2.24, 2.45) is 0 Å². The molecule has 0 saturated carbocycles. The molecule has 0 aromatic heterocycles. The van der Waals surface area contributed by atoms with Crippen molar-refractivity contribution in [2.45, 2.75) is 12.5 Å². The Morgan fingerprint density at radius 2 is 2.05 bits per heavy atom. The van der Waals surface area contributed by atoms with Gasteiger partial charge in [-0.1, -0.05) is 15.9 Å². The fraction of sp³-hybridized carbons (Fsp3) is 0.538. The van der Waals surface area contributed by atoms with Crippen molar-refractivity contribution < 1.29 is 9.50 Å². The van der Waals surface area contributed by atoms with Crippen LogP contribution in [0, 0.1) is 0 Å². The van der Waals surface area contributed by atoms with E-state index in [2.05, 4.69) is 26.1 Å². The zero-order valence-electron chi connectivity index (χ0n) is 10.6. The van der Waals surface area contributed by atoms with Crippen molar-refractivity contribution >= 4 is 28.3 Å². The van der Waals surface area contributed by atoms with E-state index in [-0.39, 0.29) is 30.9 Å². The molecule has 0 aliphatic carbocycles. The van der Waals surface area contributed by atoms with Gasteiger partial charge in [0.2, 0.25) is 0 Å². The van der Waals surface area contributed by atoms with Crippen LogP contribution in [-0.2, 0) is 0 Å². The number of phenols is 1. The number of halogens is 3. The van der Waals surface area contributed by atoms with Crippen LogP contribution < -0.4 is 5.32 Å². The van der Waals surface area contributed by atoms with Gasteiger partial charge < -0.3 is 10.4 Å². The number of hydrogen-bond acceptors (Lipinski definition) is 3. The van der Waals surface area contributed by atoms with Gasteiger partial charge in [0.1, 0.15) is 5.75 Å². The summed E-state index contributed by atoms with van der Waals surface area (Å²) < 4.78 is 13.7. The van der Waals surface area contributed by atoms with Crippen molar-refractivity contribution in [1.82, 2.24) is 10.2 Å². The third-order valence-electron chi connectivity index (χ3n) is 3.32. The largest absolute Gasteiger partial charge is 0.508 e. The number of benzene rings is 1. The molecule has 0 unspecified atom stereocenters. The van der Waals surface area contributed by atoms with Crippen LogP contribution in [0.5, 0.6) is 5.75 Å². The Morgan fingerprint density at radius 3 is 2.68 bits per heavy atom. The summed E-state index contributed by atoms with van der Waals surface area (Å²) >= 11 is 3.40. The highest BCUT2D eigenvalue weighted by Gasteiger charge is 2.24. The van der Waals surface area contributed by atoms with Crippen LogP contribution in [-0.4, -0.2) is 42.9 Å². The summed E-state index contributed by atoms with van der Waals surface area (Å²) in [6.45, 7) is 3.23. The fourth-order valence-electron chi connectivity index (χ4n) is 2.42. The molecule has 0 radical (unpaired) electrons. The highest BCUT2D eigenvalue weighted by Crippen LogP contribution is 2.33. The maximum Gasteiger partial charge on any atom is 0.120 e.